The minimum absolute atomic E-state index is 0.272. The van der Waals surface area contributed by atoms with E-state index in [1.807, 2.05) is 0 Å². The summed E-state index contributed by atoms with van der Waals surface area (Å²) >= 11 is 0. The van der Waals surface area contributed by atoms with Crippen LogP contribution in [0.2, 0.25) is 0 Å². The third-order valence-electron chi connectivity index (χ3n) is 2.81. The zero-order valence-corrected chi connectivity index (χ0v) is 7.88. The summed E-state index contributed by atoms with van der Waals surface area (Å²) in [5.74, 6) is 0.203. The van der Waals surface area contributed by atoms with Gasteiger partial charge < -0.3 is 14.6 Å². The second-order valence-electron chi connectivity index (χ2n) is 3.44. The van der Waals surface area contributed by atoms with Gasteiger partial charge in [-0.05, 0) is 18.8 Å². The molecule has 1 N–H and O–H groups in total. The number of aliphatic hydroxyl groups excluding tert-OH is 1. The molecule has 0 bridgehead atoms. The molecule has 0 aliphatic heterocycles. The molecular weight excluding hydrogens is 156 g/mol. The maximum absolute atomic E-state index is 8.76. The Balaban J connectivity index is 2.41. The van der Waals surface area contributed by atoms with Crippen LogP contribution in [0.1, 0.15) is 25.7 Å². The second-order valence-corrected chi connectivity index (χ2v) is 3.44. The Bertz CT molecular complexity index is 132. The smallest absolute Gasteiger partial charge is 0.167 e. The molecule has 0 aromatic carbocycles. The lowest BCUT2D eigenvalue weighted by molar-refractivity contribution is -0.202. The average molecular weight is 174 g/mol. The van der Waals surface area contributed by atoms with Gasteiger partial charge in [0, 0.05) is 33.7 Å². The van der Waals surface area contributed by atoms with E-state index in [-0.39, 0.29) is 12.4 Å². The van der Waals surface area contributed by atoms with E-state index >= 15 is 0 Å². The first-order chi connectivity index (χ1) is 5.76. The highest BCUT2D eigenvalue weighted by Gasteiger charge is 2.38. The van der Waals surface area contributed by atoms with E-state index in [0.29, 0.717) is 5.92 Å². The van der Waals surface area contributed by atoms with Crippen LogP contribution in [0.15, 0.2) is 0 Å². The van der Waals surface area contributed by atoms with Gasteiger partial charge in [-0.25, -0.2) is 0 Å². The second kappa shape index (κ2) is 4.21. The number of aliphatic hydroxyl groups is 1. The lowest BCUT2D eigenvalue weighted by Gasteiger charge is -2.25. The lowest BCUT2D eigenvalue weighted by atomic mass is 10.0. The van der Waals surface area contributed by atoms with E-state index in [4.69, 9.17) is 14.6 Å². The first-order valence-corrected chi connectivity index (χ1v) is 4.47. The highest BCUT2D eigenvalue weighted by molar-refractivity contribution is 4.82. The molecule has 72 valence electrons. The van der Waals surface area contributed by atoms with Crippen LogP contribution in [0.5, 0.6) is 0 Å². The van der Waals surface area contributed by atoms with Crippen molar-refractivity contribution in [2.24, 2.45) is 5.92 Å². The number of rotatable bonds is 4. The Morgan fingerprint density at radius 1 is 1.42 bits per heavy atom. The Morgan fingerprint density at radius 3 is 2.50 bits per heavy atom. The highest BCUT2D eigenvalue weighted by Crippen LogP contribution is 2.38. The maximum atomic E-state index is 8.76. The minimum Gasteiger partial charge on any atom is -0.396 e. The zero-order chi connectivity index (χ0) is 9.03. The van der Waals surface area contributed by atoms with Gasteiger partial charge in [-0.1, -0.05) is 0 Å². The molecule has 1 aliphatic rings. The van der Waals surface area contributed by atoms with Crippen LogP contribution in [0, 0.1) is 5.92 Å². The van der Waals surface area contributed by atoms with E-state index in [2.05, 4.69) is 0 Å². The van der Waals surface area contributed by atoms with Crippen LogP contribution in [-0.2, 0) is 9.47 Å². The average Bonchev–Trinajstić information content (AvgIpc) is 2.50. The van der Waals surface area contributed by atoms with Crippen molar-refractivity contribution in [3.8, 4) is 0 Å². The molecule has 0 heterocycles. The van der Waals surface area contributed by atoms with E-state index in [0.717, 1.165) is 25.7 Å². The van der Waals surface area contributed by atoms with E-state index in [1.165, 1.54) is 0 Å². The largest absolute Gasteiger partial charge is 0.396 e. The quantitative estimate of drug-likeness (QED) is 0.650. The molecule has 1 atom stereocenters. The van der Waals surface area contributed by atoms with Gasteiger partial charge in [-0.15, -0.1) is 0 Å². The topological polar surface area (TPSA) is 38.7 Å². The van der Waals surface area contributed by atoms with Crippen LogP contribution in [0.25, 0.3) is 0 Å². The molecule has 1 rings (SSSR count). The summed E-state index contributed by atoms with van der Waals surface area (Å²) in [7, 11) is 3.37. The van der Waals surface area contributed by atoms with Crippen molar-refractivity contribution in [3.63, 3.8) is 0 Å². The van der Waals surface area contributed by atoms with Gasteiger partial charge in [-0.3, -0.25) is 0 Å². The summed E-state index contributed by atoms with van der Waals surface area (Å²) in [6, 6.07) is 0. The molecule has 0 spiro atoms. The van der Waals surface area contributed by atoms with Gasteiger partial charge in [0.2, 0.25) is 0 Å². The van der Waals surface area contributed by atoms with Crippen LogP contribution in [0.3, 0.4) is 0 Å². The fraction of sp³-hybridized carbons (Fsp3) is 1.00. The third kappa shape index (κ3) is 1.97. The molecular formula is C9H18O3. The Labute approximate surface area is 73.7 Å². The van der Waals surface area contributed by atoms with Crippen LogP contribution >= 0.6 is 0 Å². The summed E-state index contributed by atoms with van der Waals surface area (Å²) in [6.07, 6.45) is 3.84. The number of hydrogen-bond donors (Lipinski definition) is 1. The Morgan fingerprint density at radius 2 is 2.08 bits per heavy atom. The van der Waals surface area contributed by atoms with E-state index < -0.39 is 0 Å². The summed E-state index contributed by atoms with van der Waals surface area (Å²) in [5, 5.41) is 8.76. The van der Waals surface area contributed by atoms with Crippen molar-refractivity contribution < 1.29 is 14.6 Å². The molecule has 1 aliphatic carbocycles. The standard InChI is InChI=1S/C9H18O3/c1-11-9(12-2)5-3-8(7-9)4-6-10/h8,10H,3-7H2,1-2H3. The van der Waals surface area contributed by atoms with Gasteiger partial charge in [-0.2, -0.15) is 0 Å². The first kappa shape index (κ1) is 9.96. The maximum Gasteiger partial charge on any atom is 0.167 e. The molecule has 1 unspecified atom stereocenters. The molecule has 1 saturated carbocycles. The normalized spacial score (nSPS) is 27.8. The molecule has 0 amide bonds. The summed E-state index contributed by atoms with van der Waals surface area (Å²) in [6.45, 7) is 0.272. The van der Waals surface area contributed by atoms with E-state index in [9.17, 15) is 0 Å². The molecule has 1 fully saturated rings. The number of hydrogen-bond acceptors (Lipinski definition) is 3. The summed E-state index contributed by atoms with van der Waals surface area (Å²) < 4.78 is 10.6. The Hall–Kier alpha value is -0.120. The predicted octanol–water partition coefficient (Wildman–Crippen LogP) is 1.16. The fourth-order valence-corrected chi connectivity index (χ4v) is 1.95. The minimum atomic E-state index is -0.361. The van der Waals surface area contributed by atoms with Crippen LogP contribution in [-0.4, -0.2) is 31.7 Å². The van der Waals surface area contributed by atoms with Crippen molar-refractivity contribution in [1.29, 1.82) is 0 Å². The molecule has 12 heavy (non-hydrogen) atoms. The van der Waals surface area contributed by atoms with Crippen molar-refractivity contribution >= 4 is 0 Å². The molecule has 0 saturated heterocycles. The SMILES string of the molecule is COC1(OC)CCC(CCO)C1. The lowest BCUT2D eigenvalue weighted by Crippen LogP contribution is -2.30. The summed E-state index contributed by atoms with van der Waals surface area (Å²) in [4.78, 5) is 0. The molecule has 3 heteroatoms. The van der Waals surface area contributed by atoms with Crippen molar-refractivity contribution in [2.75, 3.05) is 20.8 Å². The molecule has 0 radical (unpaired) electrons. The van der Waals surface area contributed by atoms with Gasteiger partial charge in [0.05, 0.1) is 0 Å². The highest BCUT2D eigenvalue weighted by atomic mass is 16.7. The third-order valence-corrected chi connectivity index (χ3v) is 2.81. The van der Waals surface area contributed by atoms with Crippen molar-refractivity contribution in [2.45, 2.75) is 31.5 Å². The van der Waals surface area contributed by atoms with E-state index in [1.54, 1.807) is 14.2 Å². The monoisotopic (exact) mass is 174 g/mol. The van der Waals surface area contributed by atoms with Crippen molar-refractivity contribution in [3.05, 3.63) is 0 Å². The fourth-order valence-electron chi connectivity index (χ4n) is 1.95. The Kier molecular flexibility index (Phi) is 3.50. The predicted molar refractivity (Wildman–Crippen MR) is 45.8 cm³/mol. The van der Waals surface area contributed by atoms with Gasteiger partial charge >= 0.3 is 0 Å². The molecule has 0 aromatic heterocycles. The van der Waals surface area contributed by atoms with Gasteiger partial charge in [0.25, 0.3) is 0 Å². The zero-order valence-electron chi connectivity index (χ0n) is 7.88. The summed E-state index contributed by atoms with van der Waals surface area (Å²) in [5.41, 5.74) is 0. The van der Waals surface area contributed by atoms with Gasteiger partial charge in [0.1, 0.15) is 0 Å². The van der Waals surface area contributed by atoms with Crippen LogP contribution < -0.4 is 0 Å². The van der Waals surface area contributed by atoms with Crippen LogP contribution in [0.4, 0.5) is 0 Å². The van der Waals surface area contributed by atoms with Crippen molar-refractivity contribution in [1.82, 2.24) is 0 Å². The molecule has 3 nitrogen and oxygen atoms in total. The van der Waals surface area contributed by atoms with Gasteiger partial charge in [0.15, 0.2) is 5.79 Å². The molecule has 0 aromatic rings. The first-order valence-electron chi connectivity index (χ1n) is 4.47. The number of methoxy groups -OCH3 is 2. The number of ether oxygens (including phenoxy) is 2.